The Balaban J connectivity index is 2.28. The van der Waals surface area contributed by atoms with Crippen LogP contribution >= 0.6 is 0 Å². The highest BCUT2D eigenvalue weighted by Gasteiger charge is 2.24. The summed E-state index contributed by atoms with van der Waals surface area (Å²) in [5.74, 6) is 1.76. The highest BCUT2D eigenvalue weighted by molar-refractivity contribution is 5.79. The molecule has 0 unspecified atom stereocenters. The van der Waals surface area contributed by atoms with E-state index in [0.717, 1.165) is 31.8 Å². The monoisotopic (exact) mass is 380 g/mol. The Labute approximate surface area is 163 Å². The van der Waals surface area contributed by atoms with E-state index >= 15 is 0 Å². The van der Waals surface area contributed by atoms with Gasteiger partial charge in [0.1, 0.15) is 11.4 Å². The van der Waals surface area contributed by atoms with E-state index in [1.807, 2.05) is 53.9 Å². The Morgan fingerprint density at radius 3 is 2.48 bits per heavy atom. The first-order valence-electron chi connectivity index (χ1n) is 9.46. The molecule has 0 aliphatic rings. The number of ether oxygens (including phenoxy) is 1. The fourth-order valence-electron chi connectivity index (χ4n) is 2.40. The maximum atomic E-state index is 11.9. The zero-order valence-electron chi connectivity index (χ0n) is 17.8. The second kappa shape index (κ2) is 10.2. The molecule has 27 heavy (non-hydrogen) atoms. The number of carbonyl (C=O) groups is 1. The number of alkyl carbamates (subject to hydrolysis) is 1. The van der Waals surface area contributed by atoms with E-state index in [-0.39, 0.29) is 0 Å². The van der Waals surface area contributed by atoms with Crippen LogP contribution in [0.15, 0.2) is 17.4 Å². The molecule has 0 saturated carbocycles. The summed E-state index contributed by atoms with van der Waals surface area (Å²) in [5.41, 5.74) is -0.987. The van der Waals surface area contributed by atoms with E-state index in [9.17, 15) is 4.79 Å². The van der Waals surface area contributed by atoms with Gasteiger partial charge in [-0.3, -0.25) is 4.99 Å². The molecule has 0 radical (unpaired) electrons. The number of rotatable bonds is 8. The molecule has 1 heterocycles. The van der Waals surface area contributed by atoms with Crippen LogP contribution in [-0.4, -0.2) is 52.9 Å². The zero-order chi connectivity index (χ0) is 20.5. The van der Waals surface area contributed by atoms with Gasteiger partial charge in [0, 0.05) is 39.1 Å². The number of nitrogens with zero attached hydrogens (tertiary/aromatic N) is 3. The maximum Gasteiger partial charge on any atom is 0.408 e. The maximum absolute atomic E-state index is 11.9. The van der Waals surface area contributed by atoms with E-state index < -0.39 is 17.2 Å². The van der Waals surface area contributed by atoms with E-state index in [2.05, 4.69) is 30.5 Å². The Morgan fingerprint density at radius 1 is 1.22 bits per heavy atom. The van der Waals surface area contributed by atoms with Crippen LogP contribution in [0, 0.1) is 6.92 Å². The van der Waals surface area contributed by atoms with Crippen LogP contribution < -0.4 is 16.0 Å². The van der Waals surface area contributed by atoms with Crippen LogP contribution in [0.3, 0.4) is 0 Å². The first kappa shape index (κ1) is 22.8. The number of aromatic nitrogens is 2. The van der Waals surface area contributed by atoms with Gasteiger partial charge in [-0.15, -0.1) is 0 Å². The van der Waals surface area contributed by atoms with Crippen LogP contribution in [0.4, 0.5) is 4.79 Å². The summed E-state index contributed by atoms with van der Waals surface area (Å²) in [6.45, 7) is 13.7. The average molecular weight is 381 g/mol. The number of carbonyl (C=O) groups excluding carboxylic acids is 1. The van der Waals surface area contributed by atoms with Gasteiger partial charge in [0.2, 0.25) is 0 Å². The van der Waals surface area contributed by atoms with Crippen LogP contribution in [0.5, 0.6) is 0 Å². The van der Waals surface area contributed by atoms with Gasteiger partial charge in [-0.25, -0.2) is 9.78 Å². The first-order valence-corrected chi connectivity index (χ1v) is 9.46. The van der Waals surface area contributed by atoms with Crippen molar-refractivity contribution in [2.24, 2.45) is 4.99 Å². The number of aryl methyl sites for hydroxylation is 2. The van der Waals surface area contributed by atoms with Crippen LogP contribution in [0.25, 0.3) is 0 Å². The number of amides is 1. The van der Waals surface area contributed by atoms with Gasteiger partial charge in [0.25, 0.3) is 0 Å². The van der Waals surface area contributed by atoms with Crippen molar-refractivity contribution in [1.29, 1.82) is 0 Å². The summed E-state index contributed by atoms with van der Waals surface area (Å²) in [6, 6.07) is 0. The smallest absolute Gasteiger partial charge is 0.408 e. The van der Waals surface area contributed by atoms with Crippen molar-refractivity contribution in [3.63, 3.8) is 0 Å². The summed E-state index contributed by atoms with van der Waals surface area (Å²) in [6.07, 6.45) is 5.49. The van der Waals surface area contributed by atoms with E-state index in [1.54, 1.807) is 7.05 Å². The first-order chi connectivity index (χ1) is 12.5. The lowest BCUT2D eigenvalue weighted by Crippen LogP contribution is -2.54. The Hall–Kier alpha value is -2.25. The fourth-order valence-corrected chi connectivity index (χ4v) is 2.40. The summed E-state index contributed by atoms with van der Waals surface area (Å²) in [5, 5.41) is 9.42. The SMILES string of the molecule is CN=C(NCCCCn1ccnc1C)NCC(C)(C)NC(=O)OC(C)(C)C. The van der Waals surface area contributed by atoms with Crippen LogP contribution in [0.2, 0.25) is 0 Å². The Morgan fingerprint density at radius 2 is 1.93 bits per heavy atom. The van der Waals surface area contributed by atoms with E-state index in [0.29, 0.717) is 12.5 Å². The summed E-state index contributed by atoms with van der Waals surface area (Å²) < 4.78 is 7.46. The minimum absolute atomic E-state index is 0.424. The van der Waals surface area contributed by atoms with Crippen molar-refractivity contribution < 1.29 is 9.53 Å². The number of aliphatic imine (C=N–C) groups is 1. The fraction of sp³-hybridized carbons (Fsp3) is 0.737. The minimum atomic E-state index is -0.513. The zero-order valence-corrected chi connectivity index (χ0v) is 17.8. The van der Waals surface area contributed by atoms with E-state index in [1.165, 1.54) is 0 Å². The number of guanidine groups is 1. The minimum Gasteiger partial charge on any atom is -0.444 e. The molecule has 154 valence electrons. The molecule has 0 fully saturated rings. The van der Waals surface area contributed by atoms with Gasteiger partial charge in [-0.05, 0) is 54.4 Å². The number of hydrogen-bond donors (Lipinski definition) is 3. The standard InChI is InChI=1S/C19H36N6O2/c1-15-21-11-13-25(15)12-9-8-10-22-16(20-7)23-14-19(5,6)24-17(26)27-18(2,3)4/h11,13H,8-10,12,14H2,1-7H3,(H,24,26)(H2,20,22,23). The Bertz CT molecular complexity index is 616. The molecule has 0 bridgehead atoms. The third-order valence-corrected chi connectivity index (χ3v) is 3.80. The molecule has 0 saturated heterocycles. The second-order valence-electron chi connectivity index (χ2n) is 8.24. The number of nitrogens with one attached hydrogen (secondary N) is 3. The van der Waals surface area contributed by atoms with E-state index in [4.69, 9.17) is 4.74 Å². The largest absolute Gasteiger partial charge is 0.444 e. The average Bonchev–Trinajstić information content (AvgIpc) is 2.92. The lowest BCUT2D eigenvalue weighted by atomic mass is 10.1. The van der Waals surface area contributed by atoms with Crippen molar-refractivity contribution >= 4 is 12.1 Å². The highest BCUT2D eigenvalue weighted by atomic mass is 16.6. The number of hydrogen-bond acceptors (Lipinski definition) is 4. The molecule has 1 rings (SSSR count). The predicted octanol–water partition coefficient (Wildman–Crippen LogP) is 2.44. The van der Waals surface area contributed by atoms with Crippen molar-refractivity contribution in [3.8, 4) is 0 Å². The highest BCUT2D eigenvalue weighted by Crippen LogP contribution is 2.09. The summed E-state index contributed by atoms with van der Waals surface area (Å²) in [7, 11) is 1.73. The molecule has 8 nitrogen and oxygen atoms in total. The molecule has 0 aliphatic carbocycles. The van der Waals surface area contributed by atoms with Gasteiger partial charge in [-0.2, -0.15) is 0 Å². The molecule has 0 aliphatic heterocycles. The topological polar surface area (TPSA) is 92.6 Å². The van der Waals surface area contributed by atoms with Crippen LogP contribution in [0.1, 0.15) is 53.3 Å². The molecule has 0 aromatic carbocycles. The van der Waals surface area contributed by atoms with Crippen molar-refractivity contribution in [3.05, 3.63) is 18.2 Å². The Kier molecular flexibility index (Phi) is 8.59. The molecule has 0 atom stereocenters. The third-order valence-electron chi connectivity index (χ3n) is 3.80. The molecule has 1 aromatic heterocycles. The lowest BCUT2D eigenvalue weighted by molar-refractivity contribution is 0.0474. The molecular weight excluding hydrogens is 344 g/mol. The van der Waals surface area contributed by atoms with Gasteiger partial charge in [-0.1, -0.05) is 0 Å². The molecule has 3 N–H and O–H groups in total. The van der Waals surface area contributed by atoms with Gasteiger partial charge in [0.15, 0.2) is 5.96 Å². The second-order valence-corrected chi connectivity index (χ2v) is 8.24. The predicted molar refractivity (Wildman–Crippen MR) is 109 cm³/mol. The van der Waals surface area contributed by atoms with Gasteiger partial charge in [0.05, 0.1) is 5.54 Å². The van der Waals surface area contributed by atoms with Gasteiger partial charge >= 0.3 is 6.09 Å². The van der Waals surface area contributed by atoms with Crippen molar-refractivity contribution in [2.75, 3.05) is 20.1 Å². The summed E-state index contributed by atoms with van der Waals surface area (Å²) in [4.78, 5) is 20.4. The van der Waals surface area contributed by atoms with Crippen molar-refractivity contribution in [1.82, 2.24) is 25.5 Å². The van der Waals surface area contributed by atoms with Crippen LogP contribution in [-0.2, 0) is 11.3 Å². The summed E-state index contributed by atoms with van der Waals surface area (Å²) >= 11 is 0. The number of imidazole rings is 1. The van der Waals surface area contributed by atoms with Gasteiger partial charge < -0.3 is 25.3 Å². The molecule has 1 amide bonds. The molecule has 8 heteroatoms. The number of unbranched alkanes of at least 4 members (excludes halogenated alkanes) is 1. The molecule has 1 aromatic rings. The third kappa shape index (κ3) is 9.86. The van der Waals surface area contributed by atoms with Crippen molar-refractivity contribution in [2.45, 2.75) is 72.1 Å². The lowest BCUT2D eigenvalue weighted by Gasteiger charge is -2.29. The quantitative estimate of drug-likeness (QED) is 0.366. The normalized spacial score (nSPS) is 12.6. The molecule has 0 spiro atoms. The molecular formula is C19H36N6O2.